The summed E-state index contributed by atoms with van der Waals surface area (Å²) < 4.78 is 11.4. The summed E-state index contributed by atoms with van der Waals surface area (Å²) in [6.45, 7) is 2.46. The van der Waals surface area contributed by atoms with Gasteiger partial charge in [0.15, 0.2) is 17.5 Å². The van der Waals surface area contributed by atoms with Crippen LogP contribution in [0.5, 0.6) is 11.5 Å². The minimum Gasteiger partial charge on any atom is -0.493 e. The maximum Gasteiger partial charge on any atom is 0.193 e. The van der Waals surface area contributed by atoms with Crippen LogP contribution in [0.3, 0.4) is 0 Å². The molecule has 0 heterocycles. The van der Waals surface area contributed by atoms with Gasteiger partial charge in [-0.1, -0.05) is 12.1 Å². The molecule has 2 aromatic rings. The molecule has 24 heavy (non-hydrogen) atoms. The van der Waals surface area contributed by atoms with Crippen molar-refractivity contribution in [1.82, 2.24) is 0 Å². The van der Waals surface area contributed by atoms with Crippen LogP contribution >= 0.6 is 39.9 Å². The highest BCUT2D eigenvalue weighted by atomic mass is 127. The van der Waals surface area contributed by atoms with Gasteiger partial charge >= 0.3 is 0 Å². The zero-order valence-corrected chi connectivity index (χ0v) is 17.7. The molecule has 0 spiro atoms. The normalized spacial score (nSPS) is 10.8. The highest BCUT2D eigenvalue weighted by molar-refractivity contribution is 14.0. The summed E-state index contributed by atoms with van der Waals surface area (Å²) in [6.07, 6.45) is 0. The lowest BCUT2D eigenvalue weighted by Crippen LogP contribution is -2.22. The van der Waals surface area contributed by atoms with E-state index in [9.17, 15) is 0 Å². The molecule has 0 unspecified atom stereocenters. The first kappa shape index (κ1) is 20.6. The fourth-order valence-electron chi connectivity index (χ4n) is 2.15. The Morgan fingerprint density at radius 3 is 2.58 bits per heavy atom. The van der Waals surface area contributed by atoms with Gasteiger partial charge in [0, 0.05) is 5.69 Å². The summed E-state index contributed by atoms with van der Waals surface area (Å²) in [5.41, 5.74) is 8.98. The highest BCUT2D eigenvalue weighted by Gasteiger charge is 2.10. The first-order chi connectivity index (χ1) is 11.0. The molecule has 2 rings (SSSR count). The van der Waals surface area contributed by atoms with Gasteiger partial charge in [0.2, 0.25) is 0 Å². The molecule has 0 aliphatic heterocycles. The molecule has 5 nitrogen and oxygen atoms in total. The molecule has 0 saturated heterocycles. The Labute approximate surface area is 167 Å². The van der Waals surface area contributed by atoms with Gasteiger partial charge in [-0.05, 0) is 58.2 Å². The molecule has 0 bridgehead atoms. The predicted molar refractivity (Wildman–Crippen MR) is 113 cm³/mol. The Balaban J connectivity index is 0.00000288. The van der Waals surface area contributed by atoms with Gasteiger partial charge < -0.3 is 20.5 Å². The van der Waals surface area contributed by atoms with Crippen molar-refractivity contribution < 1.29 is 9.47 Å². The standard InChI is InChI=1S/C17H20BrN3O2.HI/c1-11-5-4-6-13(7-11)21-17(19)20-10-12-8-14(18)16(23-3)15(9-12)22-2;/h4-9H,10H2,1-3H3,(H3,19,20,21);1H. The molecule has 0 aliphatic carbocycles. The molecular weight excluding hydrogens is 485 g/mol. The van der Waals surface area contributed by atoms with Gasteiger partial charge in [-0.2, -0.15) is 0 Å². The lowest BCUT2D eigenvalue weighted by Gasteiger charge is -2.11. The van der Waals surface area contributed by atoms with Gasteiger partial charge in [0.1, 0.15) is 0 Å². The van der Waals surface area contributed by atoms with E-state index in [1.54, 1.807) is 14.2 Å². The Bertz CT molecular complexity index is 723. The van der Waals surface area contributed by atoms with Crippen LogP contribution in [0, 0.1) is 6.92 Å². The molecule has 0 saturated carbocycles. The van der Waals surface area contributed by atoms with Crippen LogP contribution in [0.4, 0.5) is 5.69 Å². The SMILES string of the molecule is COc1cc(CN=C(N)Nc2cccc(C)c2)cc(Br)c1OC.I. The number of ether oxygens (including phenoxy) is 2. The number of nitrogens with one attached hydrogen (secondary N) is 1. The number of rotatable bonds is 5. The summed E-state index contributed by atoms with van der Waals surface area (Å²) in [7, 11) is 3.20. The van der Waals surface area contributed by atoms with Crippen molar-refractivity contribution in [2.45, 2.75) is 13.5 Å². The number of benzene rings is 2. The van der Waals surface area contributed by atoms with Crippen LogP contribution in [0.25, 0.3) is 0 Å². The average Bonchev–Trinajstić information content (AvgIpc) is 2.52. The van der Waals surface area contributed by atoms with Crippen LogP contribution in [-0.4, -0.2) is 20.2 Å². The van der Waals surface area contributed by atoms with Crippen molar-refractivity contribution in [3.05, 3.63) is 52.0 Å². The predicted octanol–water partition coefficient (Wildman–Crippen LogP) is 4.32. The Hall–Kier alpha value is -1.48. The quantitative estimate of drug-likeness (QED) is 0.360. The number of nitrogens with zero attached hydrogens (tertiary/aromatic N) is 1. The number of anilines is 1. The first-order valence-electron chi connectivity index (χ1n) is 7.07. The van der Waals surface area contributed by atoms with Crippen molar-refractivity contribution in [2.75, 3.05) is 19.5 Å². The van der Waals surface area contributed by atoms with Gasteiger partial charge in [0.25, 0.3) is 0 Å². The summed E-state index contributed by atoms with van der Waals surface area (Å²) >= 11 is 3.47. The average molecular weight is 506 g/mol. The van der Waals surface area contributed by atoms with Crippen molar-refractivity contribution in [2.24, 2.45) is 10.7 Å². The number of halogens is 2. The number of guanidine groups is 1. The molecule has 7 heteroatoms. The lowest BCUT2D eigenvalue weighted by molar-refractivity contribution is 0.352. The largest absolute Gasteiger partial charge is 0.493 e. The Kier molecular flexibility index (Phi) is 8.34. The van der Waals surface area contributed by atoms with Crippen LogP contribution in [0.15, 0.2) is 45.9 Å². The molecule has 0 amide bonds. The number of methoxy groups -OCH3 is 2. The molecule has 0 aromatic heterocycles. The lowest BCUT2D eigenvalue weighted by atomic mass is 10.2. The van der Waals surface area contributed by atoms with E-state index in [1.807, 2.05) is 43.3 Å². The van der Waals surface area contributed by atoms with Gasteiger partial charge in [0.05, 0.1) is 25.2 Å². The third-order valence-corrected chi connectivity index (χ3v) is 3.80. The molecule has 3 N–H and O–H groups in total. The van der Waals surface area contributed by atoms with Crippen LogP contribution in [0.2, 0.25) is 0 Å². The van der Waals surface area contributed by atoms with E-state index in [2.05, 4.69) is 26.2 Å². The summed E-state index contributed by atoms with van der Waals surface area (Å²) in [5.74, 6) is 1.67. The highest BCUT2D eigenvalue weighted by Crippen LogP contribution is 2.36. The van der Waals surface area contributed by atoms with Gasteiger partial charge in [-0.25, -0.2) is 4.99 Å². The molecule has 0 radical (unpaired) electrons. The van der Waals surface area contributed by atoms with Gasteiger partial charge in [-0.3, -0.25) is 0 Å². The first-order valence-corrected chi connectivity index (χ1v) is 7.86. The van der Waals surface area contributed by atoms with E-state index in [1.165, 1.54) is 0 Å². The summed E-state index contributed by atoms with van der Waals surface area (Å²) in [6, 6.07) is 11.8. The van der Waals surface area contributed by atoms with Crippen molar-refractivity contribution in [1.29, 1.82) is 0 Å². The second-order valence-electron chi connectivity index (χ2n) is 5.01. The third kappa shape index (κ3) is 5.55. The molecule has 2 aromatic carbocycles. The zero-order valence-electron chi connectivity index (χ0n) is 13.8. The van der Waals surface area contributed by atoms with Crippen LogP contribution in [0.1, 0.15) is 11.1 Å². The third-order valence-electron chi connectivity index (χ3n) is 3.22. The van der Waals surface area contributed by atoms with E-state index < -0.39 is 0 Å². The molecular formula is C17H21BrIN3O2. The van der Waals surface area contributed by atoms with E-state index in [-0.39, 0.29) is 24.0 Å². The van der Waals surface area contributed by atoms with Crippen molar-refractivity contribution >= 4 is 51.6 Å². The minimum absolute atomic E-state index is 0. The summed E-state index contributed by atoms with van der Waals surface area (Å²) in [4.78, 5) is 4.36. The van der Waals surface area contributed by atoms with Gasteiger partial charge in [-0.15, -0.1) is 24.0 Å². The maximum absolute atomic E-state index is 5.94. The van der Waals surface area contributed by atoms with Crippen LogP contribution in [-0.2, 0) is 6.54 Å². The van der Waals surface area contributed by atoms with Crippen LogP contribution < -0.4 is 20.5 Å². The molecule has 0 atom stereocenters. The molecule has 0 aliphatic rings. The second kappa shape index (κ2) is 9.73. The van der Waals surface area contributed by atoms with E-state index in [0.29, 0.717) is 24.0 Å². The summed E-state index contributed by atoms with van der Waals surface area (Å²) in [5, 5.41) is 3.08. The fourth-order valence-corrected chi connectivity index (χ4v) is 2.80. The van der Waals surface area contributed by atoms with E-state index >= 15 is 0 Å². The number of nitrogens with two attached hydrogens (primary N) is 1. The van der Waals surface area contributed by atoms with E-state index in [0.717, 1.165) is 21.3 Å². The number of aliphatic imine (C=N–C) groups is 1. The molecule has 0 fully saturated rings. The Morgan fingerprint density at radius 2 is 1.96 bits per heavy atom. The fraction of sp³-hybridized carbons (Fsp3) is 0.235. The monoisotopic (exact) mass is 505 g/mol. The number of hydrogen-bond donors (Lipinski definition) is 2. The minimum atomic E-state index is 0. The number of aryl methyl sites for hydroxylation is 1. The number of hydrogen-bond acceptors (Lipinski definition) is 3. The van der Waals surface area contributed by atoms with E-state index in [4.69, 9.17) is 15.2 Å². The topological polar surface area (TPSA) is 68.9 Å². The van der Waals surface area contributed by atoms with Crippen molar-refractivity contribution in [3.63, 3.8) is 0 Å². The smallest absolute Gasteiger partial charge is 0.193 e. The van der Waals surface area contributed by atoms with Crippen molar-refractivity contribution in [3.8, 4) is 11.5 Å². The molecule has 130 valence electrons. The Morgan fingerprint density at radius 1 is 1.21 bits per heavy atom. The maximum atomic E-state index is 5.94. The second-order valence-corrected chi connectivity index (χ2v) is 5.86. The zero-order chi connectivity index (χ0) is 16.8.